The summed E-state index contributed by atoms with van der Waals surface area (Å²) in [7, 11) is 0. The van der Waals surface area contributed by atoms with Gasteiger partial charge in [-0.3, -0.25) is 0 Å². The number of aromatic nitrogens is 2. The first-order valence-electron chi connectivity index (χ1n) is 6.05. The summed E-state index contributed by atoms with van der Waals surface area (Å²) in [6.45, 7) is 7.06. The topological polar surface area (TPSA) is 76.5 Å². The Balaban J connectivity index is 1.92. The van der Waals surface area contributed by atoms with Gasteiger partial charge in [0.15, 0.2) is 0 Å². The molecular formula is C11H21N3O3S. The molecule has 1 aromatic rings. The monoisotopic (exact) mass is 275 g/mol. The van der Waals surface area contributed by atoms with Crippen molar-refractivity contribution in [2.45, 2.75) is 20.0 Å². The normalized spacial score (nSPS) is 12.9. The molecule has 18 heavy (non-hydrogen) atoms. The SMILES string of the molecule is CC(C)COCCNCC(O)COc1cnsn1. The van der Waals surface area contributed by atoms with Crippen molar-refractivity contribution in [2.24, 2.45) is 5.92 Å². The van der Waals surface area contributed by atoms with E-state index in [4.69, 9.17) is 9.47 Å². The van der Waals surface area contributed by atoms with Crippen LogP contribution in [0.2, 0.25) is 0 Å². The molecule has 0 radical (unpaired) electrons. The Bertz CT molecular complexity index is 296. The van der Waals surface area contributed by atoms with Gasteiger partial charge in [0.05, 0.1) is 18.3 Å². The zero-order valence-corrected chi connectivity index (χ0v) is 11.7. The Labute approximate surface area is 112 Å². The number of hydrogen-bond acceptors (Lipinski definition) is 7. The Morgan fingerprint density at radius 2 is 2.28 bits per heavy atom. The van der Waals surface area contributed by atoms with Crippen molar-refractivity contribution in [1.29, 1.82) is 0 Å². The number of nitrogens with zero attached hydrogens (tertiary/aromatic N) is 2. The van der Waals surface area contributed by atoms with E-state index in [2.05, 4.69) is 27.9 Å². The van der Waals surface area contributed by atoms with Crippen LogP contribution in [0.5, 0.6) is 5.88 Å². The summed E-state index contributed by atoms with van der Waals surface area (Å²) in [6, 6.07) is 0. The summed E-state index contributed by atoms with van der Waals surface area (Å²) in [5.74, 6) is 1.01. The van der Waals surface area contributed by atoms with Crippen LogP contribution in [0, 0.1) is 5.92 Å². The maximum atomic E-state index is 9.62. The van der Waals surface area contributed by atoms with E-state index in [0.717, 1.165) is 24.9 Å². The summed E-state index contributed by atoms with van der Waals surface area (Å²) in [4.78, 5) is 0. The Morgan fingerprint density at radius 1 is 1.44 bits per heavy atom. The fourth-order valence-electron chi connectivity index (χ4n) is 1.19. The van der Waals surface area contributed by atoms with Gasteiger partial charge in [-0.05, 0) is 5.92 Å². The number of nitrogens with one attached hydrogen (secondary N) is 1. The lowest BCUT2D eigenvalue weighted by Crippen LogP contribution is -2.33. The Kier molecular flexibility index (Phi) is 7.83. The van der Waals surface area contributed by atoms with Crippen molar-refractivity contribution < 1.29 is 14.6 Å². The molecule has 0 aliphatic rings. The highest BCUT2D eigenvalue weighted by molar-refractivity contribution is 6.99. The van der Waals surface area contributed by atoms with Crippen molar-refractivity contribution in [3.63, 3.8) is 0 Å². The van der Waals surface area contributed by atoms with Gasteiger partial charge in [0.1, 0.15) is 18.9 Å². The molecule has 0 aliphatic carbocycles. The van der Waals surface area contributed by atoms with Gasteiger partial charge < -0.3 is 19.9 Å². The van der Waals surface area contributed by atoms with Crippen molar-refractivity contribution in [3.05, 3.63) is 6.20 Å². The van der Waals surface area contributed by atoms with Gasteiger partial charge in [0, 0.05) is 19.7 Å². The van der Waals surface area contributed by atoms with E-state index in [0.29, 0.717) is 24.9 Å². The third kappa shape index (κ3) is 7.54. The first-order chi connectivity index (χ1) is 8.68. The summed E-state index contributed by atoms with van der Waals surface area (Å²) in [6.07, 6.45) is 0.974. The van der Waals surface area contributed by atoms with Gasteiger partial charge >= 0.3 is 0 Å². The van der Waals surface area contributed by atoms with Crippen LogP contribution in [-0.2, 0) is 4.74 Å². The highest BCUT2D eigenvalue weighted by atomic mass is 32.1. The standard InChI is InChI=1S/C11H21N3O3S/c1-9(2)7-16-4-3-12-5-10(15)8-17-11-6-13-18-14-11/h6,9-10,12,15H,3-5,7-8H2,1-2H3. The van der Waals surface area contributed by atoms with Crippen molar-refractivity contribution in [1.82, 2.24) is 14.1 Å². The summed E-state index contributed by atoms with van der Waals surface area (Å²) in [5, 5.41) is 12.7. The molecule has 0 fully saturated rings. The van der Waals surface area contributed by atoms with Gasteiger partial charge in [0.25, 0.3) is 0 Å². The molecule has 1 heterocycles. The fraction of sp³-hybridized carbons (Fsp3) is 0.818. The minimum atomic E-state index is -0.559. The average molecular weight is 275 g/mol. The van der Waals surface area contributed by atoms with E-state index >= 15 is 0 Å². The van der Waals surface area contributed by atoms with E-state index in [1.807, 2.05) is 0 Å². The highest BCUT2D eigenvalue weighted by Crippen LogP contribution is 2.04. The van der Waals surface area contributed by atoms with Crippen LogP contribution in [0.1, 0.15) is 13.8 Å². The minimum absolute atomic E-state index is 0.214. The number of aliphatic hydroxyl groups is 1. The molecule has 0 aromatic carbocycles. The van der Waals surface area contributed by atoms with Gasteiger partial charge in [-0.25, -0.2) is 0 Å². The molecular weight excluding hydrogens is 254 g/mol. The second-order valence-corrected chi connectivity index (χ2v) is 4.94. The van der Waals surface area contributed by atoms with Gasteiger partial charge in [-0.2, -0.15) is 4.37 Å². The molecule has 0 saturated heterocycles. The van der Waals surface area contributed by atoms with E-state index < -0.39 is 6.10 Å². The minimum Gasteiger partial charge on any atom is -0.473 e. The van der Waals surface area contributed by atoms with E-state index in [1.165, 1.54) is 6.20 Å². The number of aliphatic hydroxyl groups excluding tert-OH is 1. The predicted molar refractivity (Wildman–Crippen MR) is 69.9 cm³/mol. The molecule has 1 atom stereocenters. The Hall–Kier alpha value is -0.760. The Morgan fingerprint density at radius 3 is 2.94 bits per heavy atom. The molecule has 104 valence electrons. The molecule has 0 bridgehead atoms. The largest absolute Gasteiger partial charge is 0.473 e. The molecule has 0 saturated carbocycles. The second kappa shape index (κ2) is 9.21. The molecule has 1 rings (SSSR count). The molecule has 1 unspecified atom stereocenters. The molecule has 0 spiro atoms. The maximum Gasteiger partial charge on any atom is 0.245 e. The molecule has 0 aliphatic heterocycles. The van der Waals surface area contributed by atoms with Crippen molar-refractivity contribution >= 4 is 11.7 Å². The molecule has 2 N–H and O–H groups in total. The third-order valence-electron chi connectivity index (χ3n) is 2.02. The zero-order chi connectivity index (χ0) is 13.2. The molecule has 1 aromatic heterocycles. The predicted octanol–water partition coefficient (Wildman–Crippen LogP) is 0.540. The quantitative estimate of drug-likeness (QED) is 0.607. The zero-order valence-electron chi connectivity index (χ0n) is 10.8. The number of ether oxygens (including phenoxy) is 2. The van der Waals surface area contributed by atoms with Crippen LogP contribution >= 0.6 is 11.7 Å². The smallest absolute Gasteiger partial charge is 0.245 e. The number of hydrogen-bond donors (Lipinski definition) is 2. The average Bonchev–Trinajstić information content (AvgIpc) is 2.83. The van der Waals surface area contributed by atoms with E-state index in [-0.39, 0.29) is 6.61 Å². The maximum absolute atomic E-state index is 9.62. The fourth-order valence-corrected chi connectivity index (χ4v) is 1.56. The van der Waals surface area contributed by atoms with Crippen LogP contribution < -0.4 is 10.1 Å². The van der Waals surface area contributed by atoms with Gasteiger partial charge in [0.2, 0.25) is 5.88 Å². The van der Waals surface area contributed by atoms with Crippen LogP contribution in [-0.4, -0.2) is 52.9 Å². The summed E-state index contributed by atoms with van der Waals surface area (Å²) < 4.78 is 18.3. The van der Waals surface area contributed by atoms with Crippen LogP contribution in [0.25, 0.3) is 0 Å². The third-order valence-corrected chi connectivity index (χ3v) is 2.48. The first kappa shape index (κ1) is 15.3. The van der Waals surface area contributed by atoms with Crippen LogP contribution in [0.15, 0.2) is 6.20 Å². The lowest BCUT2D eigenvalue weighted by Gasteiger charge is -2.12. The lowest BCUT2D eigenvalue weighted by atomic mass is 10.2. The first-order valence-corrected chi connectivity index (χ1v) is 6.78. The summed E-state index contributed by atoms with van der Waals surface area (Å²) in [5.41, 5.74) is 0. The van der Waals surface area contributed by atoms with E-state index in [9.17, 15) is 5.11 Å². The molecule has 6 nitrogen and oxygen atoms in total. The second-order valence-electron chi connectivity index (χ2n) is 4.38. The van der Waals surface area contributed by atoms with Crippen molar-refractivity contribution in [3.8, 4) is 5.88 Å². The highest BCUT2D eigenvalue weighted by Gasteiger charge is 2.05. The van der Waals surface area contributed by atoms with Crippen LogP contribution in [0.4, 0.5) is 0 Å². The van der Waals surface area contributed by atoms with Crippen molar-refractivity contribution in [2.75, 3.05) is 32.9 Å². The lowest BCUT2D eigenvalue weighted by molar-refractivity contribution is 0.0914. The van der Waals surface area contributed by atoms with E-state index in [1.54, 1.807) is 0 Å². The molecule has 0 amide bonds. The van der Waals surface area contributed by atoms with Gasteiger partial charge in [-0.1, -0.05) is 13.8 Å². The molecule has 7 heteroatoms. The van der Waals surface area contributed by atoms with Crippen LogP contribution in [0.3, 0.4) is 0 Å². The summed E-state index contributed by atoms with van der Waals surface area (Å²) >= 11 is 1.08. The van der Waals surface area contributed by atoms with Gasteiger partial charge in [-0.15, -0.1) is 4.37 Å². The number of rotatable bonds is 10.